The van der Waals surface area contributed by atoms with E-state index in [2.05, 4.69) is 4.98 Å². The lowest BCUT2D eigenvalue weighted by Gasteiger charge is -2.29. The Bertz CT molecular complexity index is 1080. The number of halogens is 1. The van der Waals surface area contributed by atoms with Crippen LogP contribution in [0.1, 0.15) is 34.1 Å². The quantitative estimate of drug-likeness (QED) is 0.617. The van der Waals surface area contributed by atoms with E-state index in [1.807, 2.05) is 56.7 Å². The van der Waals surface area contributed by atoms with Crippen molar-refractivity contribution >= 4 is 21.6 Å². The number of nitrogens with zero attached hydrogens (tertiary/aromatic N) is 3. The molecule has 5 nitrogen and oxygen atoms in total. The molecule has 0 aliphatic rings. The van der Waals surface area contributed by atoms with Crippen LogP contribution >= 0.6 is 11.6 Å². The Hall–Kier alpha value is -2.15. The van der Waals surface area contributed by atoms with Gasteiger partial charge in [0.1, 0.15) is 11.9 Å². The molecule has 0 unspecified atom stereocenters. The zero-order valence-corrected chi connectivity index (χ0v) is 18.2. The Morgan fingerprint density at radius 1 is 1.07 bits per heavy atom. The van der Waals surface area contributed by atoms with Gasteiger partial charge >= 0.3 is 0 Å². The molecule has 0 aliphatic carbocycles. The minimum absolute atomic E-state index is 0.341. The second kappa shape index (κ2) is 7.70. The van der Waals surface area contributed by atoms with E-state index in [0.717, 1.165) is 22.3 Å². The maximum absolute atomic E-state index is 13.6. The topological polar surface area (TPSA) is 55.2 Å². The van der Waals surface area contributed by atoms with Crippen LogP contribution in [0.25, 0.3) is 0 Å². The Morgan fingerprint density at radius 3 is 2.14 bits per heavy atom. The van der Waals surface area contributed by atoms with Crippen LogP contribution in [0.15, 0.2) is 53.7 Å². The van der Waals surface area contributed by atoms with Gasteiger partial charge in [-0.3, -0.25) is 0 Å². The molecule has 0 bridgehead atoms. The number of rotatable bonds is 5. The molecule has 0 radical (unpaired) electrons. The highest BCUT2D eigenvalue weighted by atomic mass is 35.5. The predicted molar refractivity (Wildman–Crippen MR) is 112 cm³/mol. The highest BCUT2D eigenvalue weighted by Crippen LogP contribution is 2.34. The standard InChI is InChI=1S/C21H24ClN3O2S/c1-14-12-15(2)20(16(3)13-14)28(26,27)25(5)19(21-23-10-11-24(21)4)17-6-8-18(22)9-7-17/h6-13,19H,1-5H3/t19-/m0/s1. The fourth-order valence-electron chi connectivity index (χ4n) is 3.66. The second-order valence-corrected chi connectivity index (χ2v) is 9.47. The molecular formula is C21H24ClN3O2S. The first-order chi connectivity index (χ1) is 13.1. The maximum Gasteiger partial charge on any atom is 0.244 e. The smallest absolute Gasteiger partial charge is 0.244 e. The predicted octanol–water partition coefficient (Wildman–Crippen LogP) is 4.41. The van der Waals surface area contributed by atoms with E-state index in [1.165, 1.54) is 4.31 Å². The molecule has 3 aromatic rings. The van der Waals surface area contributed by atoms with Gasteiger partial charge in [0.25, 0.3) is 0 Å². The van der Waals surface area contributed by atoms with Gasteiger partial charge in [-0.25, -0.2) is 13.4 Å². The lowest BCUT2D eigenvalue weighted by Crippen LogP contribution is -2.34. The zero-order chi connectivity index (χ0) is 20.6. The summed E-state index contributed by atoms with van der Waals surface area (Å²) < 4.78 is 30.5. The lowest BCUT2D eigenvalue weighted by atomic mass is 10.1. The first kappa shape index (κ1) is 20.6. The second-order valence-electron chi connectivity index (χ2n) is 7.10. The van der Waals surface area contributed by atoms with Crippen molar-refractivity contribution < 1.29 is 8.42 Å². The van der Waals surface area contributed by atoms with Crippen molar-refractivity contribution in [1.29, 1.82) is 0 Å². The van der Waals surface area contributed by atoms with Crippen LogP contribution in [0.3, 0.4) is 0 Å². The van der Waals surface area contributed by atoms with Crippen LogP contribution in [0.5, 0.6) is 0 Å². The van der Waals surface area contributed by atoms with Gasteiger partial charge in [0, 0.05) is 31.5 Å². The molecule has 1 aromatic heterocycles. The molecule has 0 spiro atoms. The summed E-state index contributed by atoms with van der Waals surface area (Å²) in [7, 11) is -0.316. The molecule has 7 heteroatoms. The van der Waals surface area contributed by atoms with Gasteiger partial charge in [0.15, 0.2) is 0 Å². The fraction of sp³-hybridized carbons (Fsp3) is 0.286. The van der Waals surface area contributed by atoms with Gasteiger partial charge in [-0.1, -0.05) is 41.4 Å². The number of imidazole rings is 1. The van der Waals surface area contributed by atoms with E-state index >= 15 is 0 Å². The molecule has 1 heterocycles. The molecule has 0 N–H and O–H groups in total. The first-order valence-electron chi connectivity index (χ1n) is 8.91. The van der Waals surface area contributed by atoms with Crippen LogP contribution < -0.4 is 0 Å². The van der Waals surface area contributed by atoms with E-state index in [1.54, 1.807) is 31.6 Å². The summed E-state index contributed by atoms with van der Waals surface area (Å²) in [5.41, 5.74) is 3.31. The summed E-state index contributed by atoms with van der Waals surface area (Å²) in [5, 5.41) is 0.595. The van der Waals surface area contributed by atoms with Crippen molar-refractivity contribution in [3.63, 3.8) is 0 Å². The largest absolute Gasteiger partial charge is 0.336 e. The van der Waals surface area contributed by atoms with E-state index in [4.69, 9.17) is 11.6 Å². The van der Waals surface area contributed by atoms with Gasteiger partial charge < -0.3 is 4.57 Å². The average molecular weight is 418 g/mol. The molecule has 2 aromatic carbocycles. The van der Waals surface area contributed by atoms with Crippen LogP contribution in [0, 0.1) is 20.8 Å². The van der Waals surface area contributed by atoms with Crippen LogP contribution in [-0.2, 0) is 17.1 Å². The van der Waals surface area contributed by atoms with Gasteiger partial charge in [0.2, 0.25) is 10.0 Å². The molecule has 0 saturated carbocycles. The lowest BCUT2D eigenvalue weighted by molar-refractivity contribution is 0.398. The van der Waals surface area contributed by atoms with Gasteiger partial charge in [0.05, 0.1) is 4.90 Å². The number of sulfonamides is 1. The van der Waals surface area contributed by atoms with Crippen molar-refractivity contribution in [2.24, 2.45) is 7.05 Å². The molecule has 1 atom stereocenters. The van der Waals surface area contributed by atoms with Gasteiger partial charge in [-0.05, 0) is 49.6 Å². The molecule has 0 amide bonds. The molecule has 3 rings (SSSR count). The summed E-state index contributed by atoms with van der Waals surface area (Å²) in [6.07, 6.45) is 3.47. The molecule has 0 aliphatic heterocycles. The van der Waals surface area contributed by atoms with Crippen molar-refractivity contribution in [1.82, 2.24) is 13.9 Å². The van der Waals surface area contributed by atoms with Crippen molar-refractivity contribution in [2.45, 2.75) is 31.7 Å². The highest BCUT2D eigenvalue weighted by Gasteiger charge is 2.34. The van der Waals surface area contributed by atoms with Crippen molar-refractivity contribution in [3.8, 4) is 0 Å². The minimum atomic E-state index is -3.77. The third-order valence-electron chi connectivity index (χ3n) is 4.89. The van der Waals surface area contributed by atoms with Gasteiger partial charge in [-0.15, -0.1) is 0 Å². The first-order valence-corrected chi connectivity index (χ1v) is 10.7. The Balaban J connectivity index is 2.18. The summed E-state index contributed by atoms with van der Waals surface area (Å²) in [6, 6.07) is 10.4. The number of hydrogen-bond acceptors (Lipinski definition) is 3. The summed E-state index contributed by atoms with van der Waals surface area (Å²) in [5.74, 6) is 0.635. The molecular weight excluding hydrogens is 394 g/mol. The van der Waals surface area contributed by atoms with Crippen LogP contribution in [-0.4, -0.2) is 29.3 Å². The Labute approximate surface area is 171 Å². The summed E-state index contributed by atoms with van der Waals surface area (Å²) >= 11 is 6.04. The van der Waals surface area contributed by atoms with E-state index in [0.29, 0.717) is 15.7 Å². The van der Waals surface area contributed by atoms with Crippen LogP contribution in [0.4, 0.5) is 0 Å². The zero-order valence-electron chi connectivity index (χ0n) is 16.6. The Kier molecular flexibility index (Phi) is 5.66. The summed E-state index contributed by atoms with van der Waals surface area (Å²) in [4.78, 5) is 4.77. The monoisotopic (exact) mass is 417 g/mol. The fourth-order valence-corrected chi connectivity index (χ4v) is 5.50. The summed E-state index contributed by atoms with van der Waals surface area (Å²) in [6.45, 7) is 5.63. The third-order valence-corrected chi connectivity index (χ3v) is 7.28. The van der Waals surface area contributed by atoms with Crippen molar-refractivity contribution in [2.75, 3.05) is 7.05 Å². The number of benzene rings is 2. The number of aromatic nitrogens is 2. The maximum atomic E-state index is 13.6. The molecule has 148 valence electrons. The van der Waals surface area contributed by atoms with E-state index < -0.39 is 16.1 Å². The molecule has 0 saturated heterocycles. The average Bonchev–Trinajstić information content (AvgIpc) is 3.01. The number of aryl methyl sites for hydroxylation is 4. The number of hydrogen-bond donors (Lipinski definition) is 0. The molecule has 28 heavy (non-hydrogen) atoms. The normalized spacial score (nSPS) is 13.1. The highest BCUT2D eigenvalue weighted by molar-refractivity contribution is 7.89. The SMILES string of the molecule is Cc1cc(C)c(S(=O)(=O)N(C)[C@@H](c2ccc(Cl)cc2)c2nccn2C)c(C)c1. The third kappa shape index (κ3) is 3.72. The van der Waals surface area contributed by atoms with E-state index in [-0.39, 0.29) is 0 Å². The van der Waals surface area contributed by atoms with E-state index in [9.17, 15) is 8.42 Å². The minimum Gasteiger partial charge on any atom is -0.336 e. The van der Waals surface area contributed by atoms with Crippen LogP contribution in [0.2, 0.25) is 5.02 Å². The van der Waals surface area contributed by atoms with Crippen molar-refractivity contribution in [3.05, 3.63) is 81.9 Å². The Morgan fingerprint density at radius 2 is 1.64 bits per heavy atom. The molecule has 0 fully saturated rings. The van der Waals surface area contributed by atoms with Gasteiger partial charge in [-0.2, -0.15) is 4.31 Å².